The second-order valence-electron chi connectivity index (χ2n) is 12.4. The lowest BCUT2D eigenvalue weighted by atomic mass is 9.86. The minimum absolute atomic E-state index is 0.0635. The van der Waals surface area contributed by atoms with E-state index in [2.05, 4.69) is 24.5 Å². The number of aliphatic hydroxyl groups excluding tert-OH is 2. The van der Waals surface area contributed by atoms with Crippen LogP contribution in [0.1, 0.15) is 60.3 Å². The predicted octanol–water partition coefficient (Wildman–Crippen LogP) is 4.43. The van der Waals surface area contributed by atoms with Crippen molar-refractivity contribution >= 4 is 33.2 Å². The SMILES string of the molecule is CCC1=C(C)C2=NC1=CC1=C(C)C3=C(O)CC(=C4NC(=CC5=NC(=C2)C(CO)=C5C)[C@@H](C)[C@@H]4CCC(=O)NCCS(=O)(=O)O)C3=N1. The molecule has 8 bridgehead atoms. The van der Waals surface area contributed by atoms with Crippen LogP contribution >= 0.6 is 0 Å². The number of aliphatic hydroxyl groups is 2. The van der Waals surface area contributed by atoms with Gasteiger partial charge in [0.2, 0.25) is 5.91 Å². The molecule has 0 aromatic heterocycles. The summed E-state index contributed by atoms with van der Waals surface area (Å²) in [5.41, 5.74) is 12.4. The maximum atomic E-state index is 12.7. The van der Waals surface area contributed by atoms with Gasteiger partial charge in [-0.1, -0.05) is 13.8 Å². The largest absolute Gasteiger partial charge is 0.511 e. The quantitative estimate of drug-likeness (QED) is 0.243. The van der Waals surface area contributed by atoms with Gasteiger partial charge in [0, 0.05) is 59.3 Å². The van der Waals surface area contributed by atoms with E-state index in [-0.39, 0.29) is 43.1 Å². The molecule has 1 saturated heterocycles. The van der Waals surface area contributed by atoms with Crippen molar-refractivity contribution < 1.29 is 28.0 Å². The molecule has 46 heavy (non-hydrogen) atoms. The number of amides is 1. The molecule has 1 amide bonds. The van der Waals surface area contributed by atoms with E-state index in [0.717, 1.165) is 79.6 Å². The van der Waals surface area contributed by atoms with Crippen molar-refractivity contribution in [1.29, 1.82) is 0 Å². The Morgan fingerprint density at radius 2 is 1.70 bits per heavy atom. The maximum Gasteiger partial charge on any atom is 0.266 e. The predicted molar refractivity (Wildman–Crippen MR) is 178 cm³/mol. The van der Waals surface area contributed by atoms with Crippen molar-refractivity contribution in [3.05, 3.63) is 91.5 Å². The number of hydrogen-bond acceptors (Lipinski definition) is 9. The van der Waals surface area contributed by atoms with E-state index in [0.29, 0.717) is 24.3 Å². The van der Waals surface area contributed by atoms with Gasteiger partial charge in [-0.25, -0.2) is 15.0 Å². The van der Waals surface area contributed by atoms with Gasteiger partial charge in [-0.2, -0.15) is 8.42 Å². The third-order valence-corrected chi connectivity index (χ3v) is 10.4. The fourth-order valence-electron chi connectivity index (χ4n) is 7.05. The molecule has 0 saturated carbocycles. The Morgan fingerprint density at radius 1 is 1.02 bits per heavy atom. The van der Waals surface area contributed by atoms with E-state index in [9.17, 15) is 23.4 Å². The van der Waals surface area contributed by atoms with Crippen LogP contribution < -0.4 is 10.6 Å². The monoisotopic (exact) mass is 645 g/mol. The number of carbonyl (C=O) groups excluding carboxylic acids is 1. The topological polar surface area (TPSA) is 173 Å². The Bertz CT molecular complexity index is 1930. The number of aliphatic imine (C=N–C) groups is 3. The molecule has 0 spiro atoms. The summed E-state index contributed by atoms with van der Waals surface area (Å²) in [6.45, 7) is 9.77. The van der Waals surface area contributed by atoms with Crippen LogP contribution in [0.3, 0.4) is 0 Å². The van der Waals surface area contributed by atoms with Crippen molar-refractivity contribution in [2.75, 3.05) is 18.9 Å². The van der Waals surface area contributed by atoms with Crippen LogP contribution in [-0.2, 0) is 14.9 Å². The van der Waals surface area contributed by atoms with Crippen molar-refractivity contribution in [2.24, 2.45) is 26.8 Å². The van der Waals surface area contributed by atoms with Crippen LogP contribution in [0, 0.1) is 11.8 Å². The molecule has 6 rings (SSSR count). The molecule has 242 valence electrons. The highest BCUT2D eigenvalue weighted by Gasteiger charge is 2.41. The fraction of sp³-hybridized carbons (Fsp3) is 0.412. The second kappa shape index (κ2) is 11.9. The van der Waals surface area contributed by atoms with Crippen molar-refractivity contribution in [1.82, 2.24) is 10.6 Å². The van der Waals surface area contributed by atoms with Crippen molar-refractivity contribution in [3.8, 4) is 0 Å². The Kier molecular flexibility index (Phi) is 8.24. The van der Waals surface area contributed by atoms with Crippen molar-refractivity contribution in [3.63, 3.8) is 0 Å². The number of fused-ring (bicyclic) bond motifs is 5. The van der Waals surface area contributed by atoms with Gasteiger partial charge in [-0.15, -0.1) is 0 Å². The second-order valence-corrected chi connectivity index (χ2v) is 14.0. The Labute approximate surface area is 268 Å². The average Bonchev–Trinajstić information content (AvgIpc) is 3.74. The first-order valence-corrected chi connectivity index (χ1v) is 17.2. The molecule has 2 atom stereocenters. The highest BCUT2D eigenvalue weighted by Crippen LogP contribution is 2.46. The summed E-state index contributed by atoms with van der Waals surface area (Å²) in [5.74, 6) is -0.824. The first-order chi connectivity index (χ1) is 21.8. The Balaban J connectivity index is 1.47. The van der Waals surface area contributed by atoms with Crippen LogP contribution in [0.2, 0.25) is 0 Å². The molecular weight excluding hydrogens is 606 g/mol. The molecule has 11 nitrogen and oxygen atoms in total. The number of hydrogen-bond donors (Lipinski definition) is 5. The zero-order chi connectivity index (χ0) is 33.1. The molecule has 0 unspecified atom stereocenters. The zero-order valence-electron chi connectivity index (χ0n) is 26.7. The fourth-order valence-corrected chi connectivity index (χ4v) is 7.41. The zero-order valence-corrected chi connectivity index (χ0v) is 27.5. The molecular formula is C34H39N5O6S. The molecule has 0 aromatic carbocycles. The van der Waals surface area contributed by atoms with Crippen LogP contribution in [0.15, 0.2) is 106 Å². The smallest absolute Gasteiger partial charge is 0.266 e. The number of allylic oxidation sites excluding steroid dienone is 11. The molecule has 0 radical (unpaired) electrons. The standard InChI is InChI=1S/C34H39N5O6S/c1-6-20-16(2)25-13-29-23(15-40)18(4)24(37-29)12-26-17(3)21(7-8-31(42)35-9-10-46(43,44)45)33(38-26)22-11-30(41)32-19(5)27(39-34(22)32)14-28(20)36-25/h12-14,17,21,38,40-41H,6-11,15H2,1-5H3,(H,35,42)(H,43,44,45)/t17-,21-/m0/s1. The van der Waals surface area contributed by atoms with E-state index in [1.54, 1.807) is 0 Å². The summed E-state index contributed by atoms with van der Waals surface area (Å²) in [5, 5.41) is 27.8. The lowest BCUT2D eigenvalue weighted by Crippen LogP contribution is -2.29. The van der Waals surface area contributed by atoms with Gasteiger partial charge in [-0.3, -0.25) is 9.35 Å². The van der Waals surface area contributed by atoms with Gasteiger partial charge in [0.15, 0.2) is 0 Å². The van der Waals surface area contributed by atoms with Gasteiger partial charge in [-0.05, 0) is 74.1 Å². The molecule has 5 heterocycles. The Morgan fingerprint density at radius 3 is 2.37 bits per heavy atom. The molecule has 0 aromatic rings. The summed E-state index contributed by atoms with van der Waals surface area (Å²) in [4.78, 5) is 27.7. The molecule has 5 aliphatic heterocycles. The van der Waals surface area contributed by atoms with E-state index in [4.69, 9.17) is 19.5 Å². The first-order valence-electron chi connectivity index (χ1n) is 15.6. The lowest BCUT2D eigenvalue weighted by molar-refractivity contribution is -0.121. The molecule has 12 heteroatoms. The summed E-state index contributed by atoms with van der Waals surface area (Å²) in [7, 11) is -4.18. The molecule has 1 fully saturated rings. The molecule has 1 aliphatic carbocycles. The van der Waals surface area contributed by atoms with Gasteiger partial charge in [0.1, 0.15) is 5.76 Å². The number of carbonyl (C=O) groups is 1. The average molecular weight is 646 g/mol. The summed E-state index contributed by atoms with van der Waals surface area (Å²) < 4.78 is 31.2. The maximum absolute atomic E-state index is 12.7. The third kappa shape index (κ3) is 5.58. The van der Waals surface area contributed by atoms with Crippen LogP contribution in [0.4, 0.5) is 0 Å². The van der Waals surface area contributed by atoms with Crippen LogP contribution in [0.5, 0.6) is 0 Å². The van der Waals surface area contributed by atoms with Gasteiger partial charge in [0.05, 0.1) is 46.6 Å². The summed E-state index contributed by atoms with van der Waals surface area (Å²) >= 11 is 0. The minimum atomic E-state index is -4.18. The van der Waals surface area contributed by atoms with E-state index < -0.39 is 15.9 Å². The van der Waals surface area contributed by atoms with Crippen LogP contribution in [-0.4, -0.2) is 65.1 Å². The van der Waals surface area contributed by atoms with Gasteiger partial charge >= 0.3 is 0 Å². The van der Waals surface area contributed by atoms with E-state index in [1.165, 1.54) is 0 Å². The highest BCUT2D eigenvalue weighted by atomic mass is 32.2. The first kappa shape index (κ1) is 31.8. The van der Waals surface area contributed by atoms with Crippen LogP contribution in [0.25, 0.3) is 0 Å². The van der Waals surface area contributed by atoms with E-state index in [1.807, 2.05) is 39.0 Å². The van der Waals surface area contributed by atoms with Gasteiger partial charge in [0.25, 0.3) is 10.1 Å². The van der Waals surface area contributed by atoms with Crippen molar-refractivity contribution in [2.45, 2.75) is 60.3 Å². The van der Waals surface area contributed by atoms with Gasteiger partial charge < -0.3 is 20.8 Å². The summed E-state index contributed by atoms with van der Waals surface area (Å²) in [6.07, 6.45) is 7.56. The highest BCUT2D eigenvalue weighted by molar-refractivity contribution is 7.85. The summed E-state index contributed by atoms with van der Waals surface area (Å²) in [6, 6.07) is 0. The molecule has 6 aliphatic rings. The number of rotatable bonds is 8. The molecule has 5 N–H and O–H groups in total. The Hall–Kier alpha value is -4.13. The minimum Gasteiger partial charge on any atom is -0.511 e. The normalized spacial score (nSPS) is 24.0. The number of nitrogens with zero attached hydrogens (tertiary/aromatic N) is 3. The van der Waals surface area contributed by atoms with E-state index >= 15 is 0 Å². The third-order valence-electron chi connectivity index (χ3n) is 9.71. The number of nitrogens with one attached hydrogen (secondary N) is 2. The lowest BCUT2D eigenvalue weighted by Gasteiger charge is -2.18.